The number of nitrogens with zero attached hydrogens (tertiary/aromatic N) is 3. The Morgan fingerprint density at radius 2 is 2.33 bits per heavy atom. The van der Waals surface area contributed by atoms with Gasteiger partial charge in [-0.1, -0.05) is 6.92 Å². The number of carbonyl (C=O) groups is 2. The molecular weight excluding hydrogens is 268 g/mol. The summed E-state index contributed by atoms with van der Waals surface area (Å²) in [5, 5.41) is 6.58. The number of aromatic nitrogens is 2. The van der Waals surface area contributed by atoms with E-state index in [-0.39, 0.29) is 11.8 Å². The van der Waals surface area contributed by atoms with Gasteiger partial charge in [0.2, 0.25) is 5.91 Å². The standard InChI is InChI=1S/C15H22N4O2/c1-2-8-19-13-6-9-18(10-11(13)3-4-14(19)20)15(21)12-5-7-16-17-12/h5,7,11,13H,2-4,6,8-10H2,1H3,(H,16,17)/t11-,13+/m1/s1. The van der Waals surface area contributed by atoms with E-state index in [1.807, 2.05) is 9.80 Å². The van der Waals surface area contributed by atoms with Crippen LogP contribution in [0, 0.1) is 5.92 Å². The molecule has 114 valence electrons. The second-order valence-corrected chi connectivity index (χ2v) is 5.96. The summed E-state index contributed by atoms with van der Waals surface area (Å²) in [7, 11) is 0. The molecule has 6 heteroatoms. The molecule has 0 bridgehead atoms. The second-order valence-electron chi connectivity index (χ2n) is 5.96. The third kappa shape index (κ3) is 2.66. The lowest BCUT2D eigenvalue weighted by atomic mass is 9.83. The van der Waals surface area contributed by atoms with Crippen molar-refractivity contribution in [3.63, 3.8) is 0 Å². The Labute approximate surface area is 124 Å². The number of piperidine rings is 2. The number of H-pyrrole nitrogens is 1. The number of hydrogen-bond acceptors (Lipinski definition) is 3. The lowest BCUT2D eigenvalue weighted by Crippen LogP contribution is -2.57. The van der Waals surface area contributed by atoms with Crippen LogP contribution in [-0.2, 0) is 4.79 Å². The maximum Gasteiger partial charge on any atom is 0.271 e. The number of carbonyl (C=O) groups excluding carboxylic acids is 2. The van der Waals surface area contributed by atoms with Crippen LogP contribution in [0.25, 0.3) is 0 Å². The zero-order valence-corrected chi connectivity index (χ0v) is 12.4. The summed E-state index contributed by atoms with van der Waals surface area (Å²) in [6.07, 6.45) is 4.99. The molecule has 21 heavy (non-hydrogen) atoms. The highest BCUT2D eigenvalue weighted by Gasteiger charge is 2.40. The minimum atomic E-state index is 0.0184. The van der Waals surface area contributed by atoms with Gasteiger partial charge in [0.05, 0.1) is 0 Å². The highest BCUT2D eigenvalue weighted by molar-refractivity contribution is 5.92. The average Bonchev–Trinajstić information content (AvgIpc) is 3.03. The lowest BCUT2D eigenvalue weighted by Gasteiger charge is -2.47. The summed E-state index contributed by atoms with van der Waals surface area (Å²) in [5.41, 5.74) is 0.547. The number of likely N-dealkylation sites (tertiary alicyclic amines) is 2. The molecule has 2 aliphatic heterocycles. The second kappa shape index (κ2) is 5.87. The summed E-state index contributed by atoms with van der Waals surface area (Å²) < 4.78 is 0. The van der Waals surface area contributed by atoms with Crippen molar-refractivity contribution < 1.29 is 9.59 Å². The topological polar surface area (TPSA) is 69.3 Å². The van der Waals surface area contributed by atoms with E-state index >= 15 is 0 Å². The molecule has 0 saturated carbocycles. The van der Waals surface area contributed by atoms with Gasteiger partial charge in [-0.3, -0.25) is 14.7 Å². The molecule has 0 unspecified atom stereocenters. The number of hydrogen-bond donors (Lipinski definition) is 1. The quantitative estimate of drug-likeness (QED) is 0.911. The molecule has 3 rings (SSSR count). The minimum absolute atomic E-state index is 0.0184. The van der Waals surface area contributed by atoms with Crippen LogP contribution >= 0.6 is 0 Å². The van der Waals surface area contributed by atoms with Crippen molar-refractivity contribution in [2.45, 2.75) is 38.6 Å². The molecule has 6 nitrogen and oxygen atoms in total. The minimum Gasteiger partial charge on any atom is -0.339 e. The van der Waals surface area contributed by atoms with Gasteiger partial charge in [-0.15, -0.1) is 0 Å². The van der Waals surface area contributed by atoms with E-state index < -0.39 is 0 Å². The van der Waals surface area contributed by atoms with Gasteiger partial charge in [0, 0.05) is 38.3 Å². The SMILES string of the molecule is CCCN1C(=O)CC[C@@H]2CN(C(=O)c3ccn[nH]3)CC[C@@H]21. The Bertz CT molecular complexity index is 514. The molecule has 2 saturated heterocycles. The Kier molecular flexibility index (Phi) is 3.94. The van der Waals surface area contributed by atoms with E-state index in [9.17, 15) is 9.59 Å². The maximum absolute atomic E-state index is 12.4. The molecule has 2 atom stereocenters. The molecule has 0 radical (unpaired) electrons. The van der Waals surface area contributed by atoms with Gasteiger partial charge >= 0.3 is 0 Å². The van der Waals surface area contributed by atoms with Crippen molar-refractivity contribution in [3.8, 4) is 0 Å². The number of fused-ring (bicyclic) bond motifs is 1. The van der Waals surface area contributed by atoms with Gasteiger partial charge < -0.3 is 9.80 Å². The maximum atomic E-state index is 12.4. The fourth-order valence-electron chi connectivity index (χ4n) is 3.61. The summed E-state index contributed by atoms with van der Waals surface area (Å²) in [6.45, 7) is 4.41. The van der Waals surface area contributed by atoms with Crippen LogP contribution in [0.1, 0.15) is 43.1 Å². The average molecular weight is 290 g/mol. The van der Waals surface area contributed by atoms with Gasteiger partial charge in [0.25, 0.3) is 5.91 Å². The molecule has 1 N–H and O–H groups in total. The van der Waals surface area contributed by atoms with E-state index in [2.05, 4.69) is 17.1 Å². The van der Waals surface area contributed by atoms with Gasteiger partial charge in [0.15, 0.2) is 0 Å². The predicted octanol–water partition coefficient (Wildman–Crippen LogP) is 1.27. The third-order valence-electron chi connectivity index (χ3n) is 4.63. The Hall–Kier alpha value is -1.85. The van der Waals surface area contributed by atoms with Crippen LogP contribution < -0.4 is 0 Å². The highest BCUT2D eigenvalue weighted by Crippen LogP contribution is 2.31. The summed E-state index contributed by atoms with van der Waals surface area (Å²) in [6, 6.07) is 2.03. The Balaban J connectivity index is 1.69. The van der Waals surface area contributed by atoms with Crippen molar-refractivity contribution in [1.82, 2.24) is 20.0 Å². The fourth-order valence-corrected chi connectivity index (χ4v) is 3.61. The van der Waals surface area contributed by atoms with Gasteiger partial charge in [-0.05, 0) is 31.2 Å². The number of rotatable bonds is 3. The molecule has 3 heterocycles. The molecule has 1 aromatic rings. The summed E-state index contributed by atoms with van der Waals surface area (Å²) in [5.74, 6) is 0.714. The number of amides is 2. The van der Waals surface area contributed by atoms with Crippen molar-refractivity contribution in [2.24, 2.45) is 5.92 Å². The van der Waals surface area contributed by atoms with Crippen LogP contribution in [0.2, 0.25) is 0 Å². The van der Waals surface area contributed by atoms with E-state index in [1.54, 1.807) is 12.3 Å². The zero-order chi connectivity index (χ0) is 14.8. The molecule has 0 aliphatic carbocycles. The van der Waals surface area contributed by atoms with Crippen LogP contribution in [0.5, 0.6) is 0 Å². The van der Waals surface area contributed by atoms with Crippen LogP contribution in [0.15, 0.2) is 12.3 Å². The van der Waals surface area contributed by atoms with Crippen LogP contribution in [0.3, 0.4) is 0 Å². The molecular formula is C15H22N4O2. The molecule has 2 aliphatic rings. The molecule has 1 aromatic heterocycles. The largest absolute Gasteiger partial charge is 0.339 e. The highest BCUT2D eigenvalue weighted by atomic mass is 16.2. The first-order valence-electron chi connectivity index (χ1n) is 7.78. The zero-order valence-electron chi connectivity index (χ0n) is 12.4. The van der Waals surface area contributed by atoms with Gasteiger partial charge in [-0.2, -0.15) is 5.10 Å². The smallest absolute Gasteiger partial charge is 0.271 e. The fraction of sp³-hybridized carbons (Fsp3) is 0.667. The molecule has 2 amide bonds. The van der Waals surface area contributed by atoms with Gasteiger partial charge in [-0.25, -0.2) is 0 Å². The van der Waals surface area contributed by atoms with Crippen molar-refractivity contribution in [1.29, 1.82) is 0 Å². The summed E-state index contributed by atoms with van der Waals surface area (Å²) in [4.78, 5) is 28.4. The summed E-state index contributed by atoms with van der Waals surface area (Å²) >= 11 is 0. The first-order valence-corrected chi connectivity index (χ1v) is 7.78. The van der Waals surface area contributed by atoms with Crippen molar-refractivity contribution in [2.75, 3.05) is 19.6 Å². The van der Waals surface area contributed by atoms with E-state index in [1.165, 1.54) is 0 Å². The Morgan fingerprint density at radius 1 is 1.48 bits per heavy atom. The molecule has 2 fully saturated rings. The molecule has 0 spiro atoms. The number of aromatic amines is 1. The molecule has 0 aromatic carbocycles. The van der Waals surface area contributed by atoms with E-state index in [0.29, 0.717) is 30.6 Å². The lowest BCUT2D eigenvalue weighted by molar-refractivity contribution is -0.140. The van der Waals surface area contributed by atoms with Crippen molar-refractivity contribution in [3.05, 3.63) is 18.0 Å². The third-order valence-corrected chi connectivity index (χ3v) is 4.63. The van der Waals surface area contributed by atoms with Crippen molar-refractivity contribution >= 4 is 11.8 Å². The van der Waals surface area contributed by atoms with Crippen LogP contribution in [0.4, 0.5) is 0 Å². The van der Waals surface area contributed by atoms with E-state index in [0.717, 1.165) is 32.4 Å². The van der Waals surface area contributed by atoms with Gasteiger partial charge in [0.1, 0.15) is 5.69 Å². The monoisotopic (exact) mass is 290 g/mol. The first kappa shape index (κ1) is 14.1. The first-order chi connectivity index (χ1) is 10.2. The predicted molar refractivity (Wildman–Crippen MR) is 77.6 cm³/mol. The van der Waals surface area contributed by atoms with E-state index in [4.69, 9.17) is 0 Å². The Morgan fingerprint density at radius 3 is 3.05 bits per heavy atom. The number of nitrogens with one attached hydrogen (secondary N) is 1. The normalized spacial score (nSPS) is 25.9. The van der Waals surface area contributed by atoms with Crippen LogP contribution in [-0.4, -0.2) is 57.5 Å².